The van der Waals surface area contributed by atoms with E-state index in [1.807, 2.05) is 30.3 Å². The summed E-state index contributed by atoms with van der Waals surface area (Å²) in [5.74, 6) is -1.94. The van der Waals surface area contributed by atoms with E-state index < -0.39 is 40.2 Å². The molecular weight excluding hydrogens is 660 g/mol. The highest BCUT2D eigenvalue weighted by Crippen LogP contribution is 2.30. The molecule has 0 aliphatic heterocycles. The lowest BCUT2D eigenvalue weighted by Gasteiger charge is -2.34. The van der Waals surface area contributed by atoms with E-state index in [1.165, 1.54) is 23.1 Å². The number of halogens is 4. The third-order valence-corrected chi connectivity index (χ3v) is 9.68. The first-order chi connectivity index (χ1) is 21.4. The second-order valence-corrected chi connectivity index (χ2v) is 13.6. The van der Waals surface area contributed by atoms with Gasteiger partial charge in [0.25, 0.3) is 10.0 Å². The van der Waals surface area contributed by atoms with Crippen molar-refractivity contribution in [1.29, 1.82) is 0 Å². The monoisotopic (exact) mass is 689 g/mol. The van der Waals surface area contributed by atoms with E-state index in [1.54, 1.807) is 50.2 Å². The van der Waals surface area contributed by atoms with Gasteiger partial charge in [-0.25, -0.2) is 12.8 Å². The lowest BCUT2D eigenvalue weighted by atomic mass is 10.0. The van der Waals surface area contributed by atoms with Crippen LogP contribution in [-0.2, 0) is 32.6 Å². The van der Waals surface area contributed by atoms with Gasteiger partial charge in [0.05, 0.1) is 15.6 Å². The molecule has 1 N–H and O–H groups in total. The van der Waals surface area contributed by atoms with Gasteiger partial charge in [-0.3, -0.25) is 13.9 Å². The normalized spacial score (nSPS) is 12.1. The van der Waals surface area contributed by atoms with Gasteiger partial charge in [-0.2, -0.15) is 0 Å². The van der Waals surface area contributed by atoms with Crippen molar-refractivity contribution in [1.82, 2.24) is 10.2 Å². The number of benzene rings is 4. The van der Waals surface area contributed by atoms with Gasteiger partial charge in [-0.05, 0) is 61.9 Å². The van der Waals surface area contributed by atoms with Gasteiger partial charge in [0.2, 0.25) is 11.8 Å². The lowest BCUT2D eigenvalue weighted by molar-refractivity contribution is -0.140. The van der Waals surface area contributed by atoms with Crippen LogP contribution < -0.4 is 9.62 Å². The van der Waals surface area contributed by atoms with Gasteiger partial charge < -0.3 is 10.2 Å². The number of nitrogens with zero attached hydrogens (tertiary/aromatic N) is 2. The Labute approximate surface area is 277 Å². The van der Waals surface area contributed by atoms with Crippen LogP contribution >= 0.6 is 34.8 Å². The fraction of sp³-hybridized carbons (Fsp3) is 0.212. The Kier molecular flexibility index (Phi) is 11.5. The first kappa shape index (κ1) is 34.2. The average molecular weight is 691 g/mol. The fourth-order valence-corrected chi connectivity index (χ4v) is 6.80. The molecule has 12 heteroatoms. The van der Waals surface area contributed by atoms with Crippen LogP contribution in [0.5, 0.6) is 0 Å². The Hall–Kier alpha value is -3.63. The molecule has 45 heavy (non-hydrogen) atoms. The third-order valence-electron chi connectivity index (χ3n) is 6.89. The maximum absolute atomic E-state index is 14.5. The number of rotatable bonds is 12. The summed E-state index contributed by atoms with van der Waals surface area (Å²) in [6, 6.07) is 23.5. The summed E-state index contributed by atoms with van der Waals surface area (Å²) in [6.45, 7) is 2.63. The van der Waals surface area contributed by atoms with Gasteiger partial charge in [-0.1, -0.05) is 89.4 Å². The van der Waals surface area contributed by atoms with Gasteiger partial charge in [0.1, 0.15) is 18.4 Å². The Morgan fingerprint density at radius 1 is 0.822 bits per heavy atom. The molecule has 0 bridgehead atoms. The van der Waals surface area contributed by atoms with Crippen LogP contribution in [0.15, 0.2) is 102 Å². The maximum atomic E-state index is 14.5. The SMILES string of the molecule is CC(C)NC(=O)[C@H](Cc1ccccc1)N(Cc1c(Cl)cccc1Cl)C(=O)CN(c1ccc(F)c(Cl)c1)S(=O)(=O)c1ccccc1. The van der Waals surface area contributed by atoms with E-state index in [9.17, 15) is 22.4 Å². The van der Waals surface area contributed by atoms with Gasteiger partial charge in [-0.15, -0.1) is 0 Å². The van der Waals surface area contributed by atoms with Gasteiger partial charge >= 0.3 is 0 Å². The Balaban J connectivity index is 1.85. The number of nitrogens with one attached hydrogen (secondary N) is 1. The molecule has 0 spiro atoms. The molecule has 4 rings (SSSR count). The Morgan fingerprint density at radius 2 is 1.42 bits per heavy atom. The highest BCUT2D eigenvalue weighted by molar-refractivity contribution is 7.92. The van der Waals surface area contributed by atoms with Crippen molar-refractivity contribution in [3.8, 4) is 0 Å². The van der Waals surface area contributed by atoms with E-state index in [0.717, 1.165) is 22.0 Å². The van der Waals surface area contributed by atoms with E-state index in [4.69, 9.17) is 34.8 Å². The predicted molar refractivity (Wildman–Crippen MR) is 177 cm³/mol. The topological polar surface area (TPSA) is 86.8 Å². The summed E-state index contributed by atoms with van der Waals surface area (Å²) >= 11 is 19.1. The molecule has 0 fully saturated rings. The zero-order valence-electron chi connectivity index (χ0n) is 24.5. The molecular formula is C33H31Cl3FN3O4S. The molecule has 0 aliphatic carbocycles. The molecule has 0 saturated heterocycles. The number of hydrogen-bond donors (Lipinski definition) is 1. The second kappa shape index (κ2) is 15.1. The van der Waals surface area contributed by atoms with Crippen LogP contribution in [0, 0.1) is 5.82 Å². The number of amides is 2. The summed E-state index contributed by atoms with van der Waals surface area (Å²) in [5.41, 5.74) is 1.11. The Bertz CT molecular complexity index is 1740. The first-order valence-corrected chi connectivity index (χ1v) is 16.6. The van der Waals surface area contributed by atoms with Gasteiger partial charge in [0.15, 0.2) is 0 Å². The van der Waals surface area contributed by atoms with E-state index >= 15 is 0 Å². The Morgan fingerprint density at radius 3 is 2.00 bits per heavy atom. The number of carbonyl (C=O) groups is 2. The van der Waals surface area contributed by atoms with Crippen LogP contribution in [0.2, 0.25) is 15.1 Å². The summed E-state index contributed by atoms with van der Waals surface area (Å²) in [4.78, 5) is 29.4. The first-order valence-electron chi connectivity index (χ1n) is 14.0. The zero-order valence-corrected chi connectivity index (χ0v) is 27.5. The molecule has 0 unspecified atom stereocenters. The van der Waals surface area contributed by atoms with Crippen LogP contribution in [0.4, 0.5) is 10.1 Å². The van der Waals surface area contributed by atoms with Crippen molar-refractivity contribution in [2.45, 2.75) is 43.8 Å². The van der Waals surface area contributed by atoms with Crippen molar-refractivity contribution < 1.29 is 22.4 Å². The van der Waals surface area contributed by atoms with E-state index in [2.05, 4.69) is 5.32 Å². The minimum absolute atomic E-state index is 0.0411. The number of anilines is 1. The standard InChI is InChI=1S/C33H31Cl3FN3O4S/c1-22(2)38-33(42)31(18-23-10-5-3-6-11-23)39(20-26-27(34)14-9-15-28(26)35)32(41)21-40(24-16-17-30(37)29(36)19-24)45(43,44)25-12-7-4-8-13-25/h3-17,19,22,31H,18,20-21H2,1-2H3,(H,38,42)/t31-/m0/s1. The number of sulfonamides is 1. The highest BCUT2D eigenvalue weighted by atomic mass is 35.5. The molecule has 4 aromatic carbocycles. The summed E-state index contributed by atoms with van der Waals surface area (Å²) in [6.07, 6.45) is 0.112. The lowest BCUT2D eigenvalue weighted by Crippen LogP contribution is -2.54. The molecule has 0 heterocycles. The molecule has 0 aromatic heterocycles. The van der Waals surface area contributed by atoms with Crippen LogP contribution in [0.3, 0.4) is 0 Å². The van der Waals surface area contributed by atoms with E-state index in [-0.39, 0.29) is 44.7 Å². The molecule has 1 atom stereocenters. The van der Waals surface area contributed by atoms with E-state index in [0.29, 0.717) is 5.56 Å². The predicted octanol–water partition coefficient (Wildman–Crippen LogP) is 7.15. The van der Waals surface area contributed by atoms with Crippen LogP contribution in [0.1, 0.15) is 25.0 Å². The van der Waals surface area contributed by atoms with Crippen molar-refractivity contribution in [3.63, 3.8) is 0 Å². The number of hydrogen-bond acceptors (Lipinski definition) is 4. The minimum atomic E-state index is -4.37. The molecule has 236 valence electrons. The van der Waals surface area contributed by atoms with Gasteiger partial charge in [0, 0.05) is 34.6 Å². The smallest absolute Gasteiger partial charge is 0.264 e. The van der Waals surface area contributed by atoms with Crippen molar-refractivity contribution in [2.75, 3.05) is 10.8 Å². The minimum Gasteiger partial charge on any atom is -0.352 e. The van der Waals surface area contributed by atoms with Crippen molar-refractivity contribution in [2.24, 2.45) is 0 Å². The molecule has 2 amide bonds. The fourth-order valence-electron chi connectivity index (χ4n) is 4.68. The van der Waals surface area contributed by atoms with Crippen LogP contribution in [-0.4, -0.2) is 43.8 Å². The maximum Gasteiger partial charge on any atom is 0.264 e. The highest BCUT2D eigenvalue weighted by Gasteiger charge is 2.35. The van der Waals surface area contributed by atoms with Crippen LogP contribution in [0.25, 0.3) is 0 Å². The second-order valence-electron chi connectivity index (χ2n) is 10.5. The molecule has 0 aliphatic rings. The van der Waals surface area contributed by atoms with Crippen molar-refractivity contribution >= 4 is 62.3 Å². The largest absolute Gasteiger partial charge is 0.352 e. The quantitative estimate of drug-likeness (QED) is 0.171. The summed E-state index contributed by atoms with van der Waals surface area (Å²) < 4.78 is 43.0. The third kappa shape index (κ3) is 8.55. The average Bonchev–Trinajstić information content (AvgIpc) is 3.00. The molecule has 0 saturated carbocycles. The summed E-state index contributed by atoms with van der Waals surface area (Å²) in [7, 11) is -4.37. The molecule has 4 aromatic rings. The molecule has 7 nitrogen and oxygen atoms in total. The number of carbonyl (C=O) groups excluding carboxylic acids is 2. The van der Waals surface area contributed by atoms with Crippen molar-refractivity contribution in [3.05, 3.63) is 129 Å². The summed E-state index contributed by atoms with van der Waals surface area (Å²) in [5, 5.41) is 3.08. The molecule has 0 radical (unpaired) electrons. The zero-order chi connectivity index (χ0) is 32.7.